The molecule has 28 heavy (non-hydrogen) atoms. The summed E-state index contributed by atoms with van der Waals surface area (Å²) in [7, 11) is -2.59. The van der Waals surface area contributed by atoms with Crippen molar-refractivity contribution in [3.05, 3.63) is 35.3 Å². The Morgan fingerprint density at radius 2 is 1.96 bits per heavy atom. The van der Waals surface area contributed by atoms with Gasteiger partial charge in [0.2, 0.25) is 21.8 Å². The predicted octanol–water partition coefficient (Wildman–Crippen LogP) is 0.759. The van der Waals surface area contributed by atoms with Gasteiger partial charge in [-0.2, -0.15) is 4.72 Å². The third-order valence-corrected chi connectivity index (χ3v) is 5.66. The predicted molar refractivity (Wildman–Crippen MR) is 101 cm³/mol. The lowest BCUT2D eigenvalue weighted by molar-refractivity contribution is -0.134. The minimum absolute atomic E-state index is 0.0990. The first-order chi connectivity index (χ1) is 13.0. The molecule has 0 saturated heterocycles. The van der Waals surface area contributed by atoms with E-state index < -0.39 is 27.9 Å². The number of aryl methyl sites for hydroxylation is 3. The van der Waals surface area contributed by atoms with E-state index in [-0.39, 0.29) is 22.9 Å². The number of amides is 2. The first-order valence-electron chi connectivity index (χ1n) is 8.44. The SMILES string of the molecule is Cc1ccnc(NC(=O)CN(C)C(=O)[C@H](C)NS(=O)(=O)c2c(C)noc2C)c1. The van der Waals surface area contributed by atoms with Crippen LogP contribution < -0.4 is 10.0 Å². The largest absolute Gasteiger partial charge is 0.360 e. The van der Waals surface area contributed by atoms with Crippen molar-refractivity contribution in [3.63, 3.8) is 0 Å². The Kier molecular flexibility index (Phi) is 6.52. The molecule has 0 spiro atoms. The molecule has 2 aromatic rings. The average Bonchev–Trinajstić information content (AvgIpc) is 2.92. The van der Waals surface area contributed by atoms with E-state index in [1.54, 1.807) is 18.3 Å². The average molecular weight is 409 g/mol. The lowest BCUT2D eigenvalue weighted by Gasteiger charge is -2.21. The Morgan fingerprint density at radius 3 is 2.54 bits per heavy atom. The third kappa shape index (κ3) is 5.14. The molecular weight excluding hydrogens is 386 g/mol. The zero-order valence-electron chi connectivity index (χ0n) is 16.3. The van der Waals surface area contributed by atoms with Crippen molar-refractivity contribution in [1.29, 1.82) is 0 Å². The molecule has 0 unspecified atom stereocenters. The molecule has 2 N–H and O–H groups in total. The smallest absolute Gasteiger partial charge is 0.246 e. The normalized spacial score (nSPS) is 12.5. The van der Waals surface area contributed by atoms with E-state index in [0.29, 0.717) is 5.82 Å². The molecule has 0 aliphatic carbocycles. The Labute approximate surface area is 163 Å². The van der Waals surface area contributed by atoms with Gasteiger partial charge < -0.3 is 14.7 Å². The highest BCUT2D eigenvalue weighted by Gasteiger charge is 2.29. The molecular formula is C17H23N5O5S. The van der Waals surface area contributed by atoms with Crippen LogP contribution in [0.25, 0.3) is 0 Å². The summed E-state index contributed by atoms with van der Waals surface area (Å²) in [6.07, 6.45) is 1.56. The molecule has 1 atom stereocenters. The molecule has 0 bridgehead atoms. The van der Waals surface area contributed by atoms with E-state index in [1.807, 2.05) is 6.92 Å². The van der Waals surface area contributed by atoms with Crippen LogP contribution >= 0.6 is 0 Å². The van der Waals surface area contributed by atoms with Gasteiger partial charge in [0, 0.05) is 13.2 Å². The zero-order valence-corrected chi connectivity index (χ0v) is 17.1. The van der Waals surface area contributed by atoms with E-state index in [1.165, 1.54) is 27.8 Å². The number of anilines is 1. The second kappa shape index (κ2) is 8.48. The first-order valence-corrected chi connectivity index (χ1v) is 9.92. The third-order valence-electron chi connectivity index (χ3n) is 3.88. The number of pyridine rings is 1. The number of sulfonamides is 1. The fourth-order valence-corrected chi connectivity index (χ4v) is 4.14. The van der Waals surface area contributed by atoms with Crippen LogP contribution in [0.3, 0.4) is 0 Å². The second-order valence-electron chi connectivity index (χ2n) is 6.46. The first kappa shape index (κ1) is 21.5. The summed E-state index contributed by atoms with van der Waals surface area (Å²) in [6.45, 7) is 5.96. The number of hydrogen-bond donors (Lipinski definition) is 2. The minimum Gasteiger partial charge on any atom is -0.360 e. The Bertz CT molecular complexity index is 966. The molecule has 2 amide bonds. The lowest BCUT2D eigenvalue weighted by Crippen LogP contribution is -2.47. The lowest BCUT2D eigenvalue weighted by atomic mass is 10.3. The van der Waals surface area contributed by atoms with Crippen LogP contribution in [0.2, 0.25) is 0 Å². The molecule has 0 aliphatic heterocycles. The van der Waals surface area contributed by atoms with E-state index in [4.69, 9.17) is 4.52 Å². The van der Waals surface area contributed by atoms with Crippen molar-refractivity contribution in [2.24, 2.45) is 0 Å². The number of likely N-dealkylation sites (N-methyl/N-ethyl adjacent to an activating group) is 1. The zero-order chi connectivity index (χ0) is 21.1. The Morgan fingerprint density at radius 1 is 1.29 bits per heavy atom. The van der Waals surface area contributed by atoms with Crippen molar-refractivity contribution in [2.45, 2.75) is 38.6 Å². The van der Waals surface area contributed by atoms with E-state index in [0.717, 1.165) is 10.5 Å². The van der Waals surface area contributed by atoms with Crippen molar-refractivity contribution >= 4 is 27.7 Å². The summed E-state index contributed by atoms with van der Waals surface area (Å²) in [6, 6.07) is 2.40. The molecule has 0 fully saturated rings. The number of carbonyl (C=O) groups is 2. The molecule has 11 heteroatoms. The molecule has 2 aromatic heterocycles. The molecule has 10 nitrogen and oxygen atoms in total. The topological polar surface area (TPSA) is 134 Å². The van der Waals surface area contributed by atoms with E-state index >= 15 is 0 Å². The maximum atomic E-state index is 12.5. The van der Waals surface area contributed by atoms with Crippen LogP contribution in [0.4, 0.5) is 5.82 Å². The number of rotatable bonds is 7. The summed E-state index contributed by atoms with van der Waals surface area (Å²) in [5, 5.41) is 6.20. The van der Waals surface area contributed by atoms with Gasteiger partial charge in [-0.1, -0.05) is 5.16 Å². The molecule has 0 radical (unpaired) electrons. The summed E-state index contributed by atoms with van der Waals surface area (Å²) in [5.41, 5.74) is 1.13. The quantitative estimate of drug-likeness (QED) is 0.689. The van der Waals surface area contributed by atoms with Gasteiger partial charge in [-0.3, -0.25) is 9.59 Å². The van der Waals surface area contributed by atoms with Crippen LogP contribution in [-0.2, 0) is 19.6 Å². The van der Waals surface area contributed by atoms with Crippen molar-refractivity contribution < 1.29 is 22.5 Å². The van der Waals surface area contributed by atoms with Gasteiger partial charge in [0.1, 0.15) is 16.4 Å². The summed E-state index contributed by atoms with van der Waals surface area (Å²) < 4.78 is 32.2. The van der Waals surface area contributed by atoms with Gasteiger partial charge in [-0.15, -0.1) is 0 Å². The highest BCUT2D eigenvalue weighted by atomic mass is 32.2. The van der Waals surface area contributed by atoms with Crippen molar-refractivity contribution in [3.8, 4) is 0 Å². The number of hydrogen-bond acceptors (Lipinski definition) is 7. The van der Waals surface area contributed by atoms with Gasteiger partial charge in [-0.05, 0) is 45.4 Å². The number of aromatic nitrogens is 2. The van der Waals surface area contributed by atoms with Crippen LogP contribution in [0.15, 0.2) is 27.7 Å². The highest BCUT2D eigenvalue weighted by molar-refractivity contribution is 7.89. The van der Waals surface area contributed by atoms with E-state index in [2.05, 4.69) is 20.2 Å². The van der Waals surface area contributed by atoms with Crippen molar-refractivity contribution in [2.75, 3.05) is 18.9 Å². The number of nitrogens with one attached hydrogen (secondary N) is 2. The number of nitrogens with zero attached hydrogens (tertiary/aromatic N) is 3. The summed E-state index contributed by atoms with van der Waals surface area (Å²) in [5.74, 6) is -0.515. The Balaban J connectivity index is 1.99. The molecule has 0 aromatic carbocycles. The standard InChI is InChI=1S/C17H23N5O5S/c1-10-6-7-18-14(8-10)19-15(23)9-22(5)17(24)12(3)21-28(25,26)16-11(2)20-27-13(16)4/h6-8,12,21H,9H2,1-5H3,(H,18,19,23)/t12-/m0/s1. The van der Waals surface area contributed by atoms with Gasteiger partial charge >= 0.3 is 0 Å². The molecule has 2 rings (SSSR count). The Hall–Kier alpha value is -2.79. The van der Waals surface area contributed by atoms with Gasteiger partial charge in [0.05, 0.1) is 12.6 Å². The molecule has 152 valence electrons. The van der Waals surface area contributed by atoms with Gasteiger partial charge in [0.25, 0.3) is 0 Å². The highest BCUT2D eigenvalue weighted by Crippen LogP contribution is 2.19. The van der Waals surface area contributed by atoms with E-state index in [9.17, 15) is 18.0 Å². The van der Waals surface area contributed by atoms with Crippen LogP contribution in [0.1, 0.15) is 23.9 Å². The van der Waals surface area contributed by atoms with Gasteiger partial charge in [0.15, 0.2) is 5.76 Å². The molecule has 2 heterocycles. The number of carbonyl (C=O) groups excluding carboxylic acids is 2. The summed E-state index contributed by atoms with van der Waals surface area (Å²) in [4.78, 5) is 29.6. The van der Waals surface area contributed by atoms with Crippen LogP contribution in [0.5, 0.6) is 0 Å². The second-order valence-corrected chi connectivity index (χ2v) is 8.11. The van der Waals surface area contributed by atoms with Gasteiger partial charge in [-0.25, -0.2) is 13.4 Å². The van der Waals surface area contributed by atoms with Crippen LogP contribution in [0, 0.1) is 20.8 Å². The molecule has 0 aliphatic rings. The summed E-state index contributed by atoms with van der Waals surface area (Å²) >= 11 is 0. The molecule has 0 saturated carbocycles. The van der Waals surface area contributed by atoms with Crippen molar-refractivity contribution in [1.82, 2.24) is 19.8 Å². The minimum atomic E-state index is -4.00. The van der Waals surface area contributed by atoms with Crippen LogP contribution in [-0.4, -0.2) is 54.9 Å². The monoisotopic (exact) mass is 409 g/mol. The fourth-order valence-electron chi connectivity index (χ4n) is 2.61. The maximum Gasteiger partial charge on any atom is 0.246 e. The fraction of sp³-hybridized carbons (Fsp3) is 0.412. The maximum absolute atomic E-state index is 12.5.